The molecule has 0 atom stereocenters. The van der Waals surface area contributed by atoms with Gasteiger partial charge in [-0.2, -0.15) is 0 Å². The Balaban J connectivity index is 0. The van der Waals surface area contributed by atoms with Crippen LogP contribution in [0.2, 0.25) is 0 Å². The van der Waals surface area contributed by atoms with Crippen LogP contribution in [0.3, 0.4) is 0 Å². The van der Waals surface area contributed by atoms with E-state index in [1.165, 1.54) is 6.92 Å². The number of hydrogen-bond donors (Lipinski definition) is 1. The molecular weight excluding hydrogens is 244 g/mol. The van der Waals surface area contributed by atoms with Gasteiger partial charge in [0.2, 0.25) is 11.8 Å². The number of Topliss-reactive ketones (excluding diaryl/α,β-unsaturated/α-hetero) is 1. The van der Waals surface area contributed by atoms with Crippen LogP contribution in [-0.2, 0) is 14.4 Å². The van der Waals surface area contributed by atoms with Crippen LogP contribution in [0.5, 0.6) is 0 Å². The summed E-state index contributed by atoms with van der Waals surface area (Å²) in [6.45, 7) is 11.4. The molecule has 0 aliphatic carbocycles. The van der Waals surface area contributed by atoms with Gasteiger partial charge in [-0.05, 0) is 27.2 Å². The Bertz CT molecular complexity index is 278. The van der Waals surface area contributed by atoms with Crippen molar-refractivity contribution >= 4 is 17.6 Å². The van der Waals surface area contributed by atoms with Crippen molar-refractivity contribution in [1.82, 2.24) is 10.2 Å². The van der Waals surface area contributed by atoms with E-state index in [0.717, 1.165) is 19.5 Å². The third-order valence-corrected chi connectivity index (χ3v) is 2.40. The van der Waals surface area contributed by atoms with E-state index in [0.29, 0.717) is 19.4 Å². The van der Waals surface area contributed by atoms with Crippen molar-refractivity contribution < 1.29 is 14.4 Å². The first-order valence-electron chi connectivity index (χ1n) is 6.90. The Morgan fingerprint density at radius 3 is 1.84 bits per heavy atom. The molecule has 0 saturated heterocycles. The molecule has 0 unspecified atom stereocenters. The highest BCUT2D eigenvalue weighted by Crippen LogP contribution is 1.90. The molecular formula is C14H28N2O3. The van der Waals surface area contributed by atoms with Crippen molar-refractivity contribution in [2.75, 3.05) is 19.6 Å². The molecule has 0 rings (SSSR count). The molecule has 0 heterocycles. The van der Waals surface area contributed by atoms with Gasteiger partial charge in [0.15, 0.2) is 0 Å². The van der Waals surface area contributed by atoms with Gasteiger partial charge in [-0.1, -0.05) is 6.92 Å². The molecule has 0 aliphatic rings. The van der Waals surface area contributed by atoms with Crippen LogP contribution in [0.1, 0.15) is 53.9 Å². The highest BCUT2D eigenvalue weighted by molar-refractivity contribution is 5.83. The van der Waals surface area contributed by atoms with E-state index >= 15 is 0 Å². The summed E-state index contributed by atoms with van der Waals surface area (Å²) in [5, 5.41) is 2.61. The van der Waals surface area contributed by atoms with Crippen LogP contribution in [-0.4, -0.2) is 42.1 Å². The molecule has 0 spiro atoms. The Morgan fingerprint density at radius 2 is 1.58 bits per heavy atom. The lowest BCUT2D eigenvalue weighted by molar-refractivity contribution is -0.128. The van der Waals surface area contributed by atoms with Crippen LogP contribution in [0, 0.1) is 0 Å². The van der Waals surface area contributed by atoms with E-state index in [1.807, 2.05) is 18.7 Å². The fourth-order valence-electron chi connectivity index (χ4n) is 1.38. The molecule has 0 aliphatic heterocycles. The van der Waals surface area contributed by atoms with Crippen LogP contribution in [0.15, 0.2) is 0 Å². The summed E-state index contributed by atoms with van der Waals surface area (Å²) in [7, 11) is 0. The lowest BCUT2D eigenvalue weighted by Crippen LogP contribution is -2.28. The lowest BCUT2D eigenvalue weighted by atomic mass is 10.2. The molecule has 0 radical (unpaired) electrons. The first kappa shape index (κ1) is 19.9. The van der Waals surface area contributed by atoms with Crippen molar-refractivity contribution in [3.8, 4) is 0 Å². The van der Waals surface area contributed by atoms with Gasteiger partial charge < -0.3 is 15.0 Å². The van der Waals surface area contributed by atoms with Crippen molar-refractivity contribution in [2.24, 2.45) is 0 Å². The van der Waals surface area contributed by atoms with E-state index in [1.54, 1.807) is 6.92 Å². The quantitative estimate of drug-likeness (QED) is 0.768. The number of nitrogens with zero attached hydrogens (tertiary/aromatic N) is 1. The first-order valence-corrected chi connectivity index (χ1v) is 6.90. The largest absolute Gasteiger partial charge is 0.356 e. The van der Waals surface area contributed by atoms with Gasteiger partial charge in [-0.15, -0.1) is 0 Å². The normalized spacial score (nSPS) is 9.11. The lowest BCUT2D eigenvalue weighted by Gasteiger charge is -2.16. The number of nitrogens with one attached hydrogen (secondary N) is 1. The van der Waals surface area contributed by atoms with E-state index in [-0.39, 0.29) is 17.6 Å². The van der Waals surface area contributed by atoms with Crippen molar-refractivity contribution in [3.63, 3.8) is 0 Å². The van der Waals surface area contributed by atoms with Gasteiger partial charge in [0.1, 0.15) is 5.78 Å². The Hall–Kier alpha value is -1.39. The van der Waals surface area contributed by atoms with Gasteiger partial charge in [0.25, 0.3) is 0 Å². The summed E-state index contributed by atoms with van der Waals surface area (Å²) in [5.41, 5.74) is 0. The highest BCUT2D eigenvalue weighted by Gasteiger charge is 2.01. The van der Waals surface area contributed by atoms with Gasteiger partial charge >= 0.3 is 0 Å². The second-order valence-corrected chi connectivity index (χ2v) is 4.25. The van der Waals surface area contributed by atoms with Gasteiger partial charge in [0.05, 0.1) is 0 Å². The zero-order valence-corrected chi connectivity index (χ0v) is 12.9. The maximum atomic E-state index is 10.7. The average molecular weight is 272 g/mol. The third-order valence-electron chi connectivity index (χ3n) is 2.40. The van der Waals surface area contributed by atoms with Crippen molar-refractivity contribution in [1.29, 1.82) is 0 Å². The fourth-order valence-corrected chi connectivity index (χ4v) is 1.38. The van der Waals surface area contributed by atoms with Crippen LogP contribution >= 0.6 is 0 Å². The topological polar surface area (TPSA) is 66.5 Å². The summed E-state index contributed by atoms with van der Waals surface area (Å²) in [5.74, 6) is 0.198. The standard InChI is InChI=1S/C7H13NO2.C7H15NO/c1-3-8-7(10)5-4-6(2)9;1-4-6-8(5-2)7(3)9/h3-5H2,1-2H3,(H,8,10);4-6H2,1-3H3. The molecule has 5 heteroatoms. The third kappa shape index (κ3) is 14.6. The molecule has 0 fully saturated rings. The van der Waals surface area contributed by atoms with E-state index in [4.69, 9.17) is 0 Å². The van der Waals surface area contributed by atoms with Gasteiger partial charge in [-0.25, -0.2) is 0 Å². The summed E-state index contributed by atoms with van der Waals surface area (Å²) >= 11 is 0. The predicted molar refractivity (Wildman–Crippen MR) is 76.8 cm³/mol. The van der Waals surface area contributed by atoms with Crippen LogP contribution in [0.4, 0.5) is 0 Å². The van der Waals surface area contributed by atoms with Gasteiger partial charge in [0, 0.05) is 39.4 Å². The molecule has 0 aromatic carbocycles. The Kier molecular flexibility index (Phi) is 13.7. The maximum absolute atomic E-state index is 10.7. The summed E-state index contributed by atoms with van der Waals surface area (Å²) in [6.07, 6.45) is 1.72. The number of carbonyl (C=O) groups excluding carboxylic acids is 3. The molecule has 2 amide bonds. The molecule has 19 heavy (non-hydrogen) atoms. The minimum atomic E-state index is -0.0438. The minimum Gasteiger partial charge on any atom is -0.356 e. The molecule has 5 nitrogen and oxygen atoms in total. The highest BCUT2D eigenvalue weighted by atomic mass is 16.2. The van der Waals surface area contributed by atoms with E-state index in [2.05, 4.69) is 12.2 Å². The van der Waals surface area contributed by atoms with Crippen LogP contribution < -0.4 is 5.32 Å². The van der Waals surface area contributed by atoms with Crippen molar-refractivity contribution in [2.45, 2.75) is 53.9 Å². The predicted octanol–water partition coefficient (Wildman–Crippen LogP) is 1.76. The van der Waals surface area contributed by atoms with E-state index < -0.39 is 0 Å². The zero-order chi connectivity index (χ0) is 15.3. The monoisotopic (exact) mass is 272 g/mol. The molecule has 0 aromatic rings. The zero-order valence-electron chi connectivity index (χ0n) is 12.9. The number of ketones is 1. The van der Waals surface area contributed by atoms with Crippen molar-refractivity contribution in [3.05, 3.63) is 0 Å². The molecule has 0 aromatic heterocycles. The number of rotatable bonds is 7. The molecule has 0 bridgehead atoms. The van der Waals surface area contributed by atoms with Gasteiger partial charge in [-0.3, -0.25) is 9.59 Å². The second-order valence-electron chi connectivity index (χ2n) is 4.25. The SMILES string of the molecule is CCCN(CC)C(C)=O.CCNC(=O)CCC(C)=O. The first-order chi connectivity index (χ1) is 8.88. The smallest absolute Gasteiger partial charge is 0.220 e. The number of hydrogen-bond acceptors (Lipinski definition) is 3. The summed E-state index contributed by atoms with van der Waals surface area (Å²) in [6, 6.07) is 0. The fraction of sp³-hybridized carbons (Fsp3) is 0.786. The Labute approximate surface area is 116 Å². The Morgan fingerprint density at radius 1 is 1.00 bits per heavy atom. The molecule has 1 N–H and O–H groups in total. The van der Waals surface area contributed by atoms with Crippen LogP contribution in [0.25, 0.3) is 0 Å². The number of carbonyl (C=O) groups is 3. The minimum absolute atomic E-state index is 0.0438. The number of amides is 2. The molecule has 112 valence electrons. The maximum Gasteiger partial charge on any atom is 0.220 e. The average Bonchev–Trinajstić information content (AvgIpc) is 2.34. The summed E-state index contributed by atoms with van der Waals surface area (Å²) in [4.78, 5) is 33.6. The second kappa shape index (κ2) is 13.1. The van der Waals surface area contributed by atoms with E-state index in [9.17, 15) is 14.4 Å². The summed E-state index contributed by atoms with van der Waals surface area (Å²) < 4.78 is 0. The molecule has 0 saturated carbocycles.